The van der Waals surface area contributed by atoms with Crippen LogP contribution in [0.4, 0.5) is 0 Å². The smallest absolute Gasteiger partial charge is 0.209 e. The lowest BCUT2D eigenvalue weighted by Gasteiger charge is -2.13. The molecule has 0 aromatic carbocycles. The minimum Gasteiger partial charge on any atom is -0.378 e. The van der Waals surface area contributed by atoms with Crippen LogP contribution in [-0.4, -0.2) is 37.1 Å². The van der Waals surface area contributed by atoms with Gasteiger partial charge in [-0.2, -0.15) is 0 Å². The minimum atomic E-state index is 0.597. The van der Waals surface area contributed by atoms with E-state index in [4.69, 9.17) is 4.74 Å². The Morgan fingerprint density at radius 1 is 1.41 bits per heavy atom. The van der Waals surface area contributed by atoms with Crippen LogP contribution >= 0.6 is 0 Å². The van der Waals surface area contributed by atoms with Crippen molar-refractivity contribution in [1.29, 1.82) is 0 Å². The summed E-state index contributed by atoms with van der Waals surface area (Å²) in [7, 11) is 0. The van der Waals surface area contributed by atoms with Gasteiger partial charge in [0, 0.05) is 19.7 Å². The van der Waals surface area contributed by atoms with Gasteiger partial charge in [-0.1, -0.05) is 20.8 Å². The summed E-state index contributed by atoms with van der Waals surface area (Å²) in [5.74, 6) is 1.47. The third kappa shape index (κ3) is 5.07. The first-order chi connectivity index (χ1) is 8.17. The predicted octanol–water partition coefficient (Wildman–Crippen LogP) is 2.70. The van der Waals surface area contributed by atoms with E-state index in [-0.39, 0.29) is 0 Å². The van der Waals surface area contributed by atoms with E-state index < -0.39 is 0 Å². The molecule has 2 heterocycles. The average Bonchev–Trinajstić information content (AvgIpc) is 3.01. The van der Waals surface area contributed by atoms with Gasteiger partial charge in [-0.15, -0.1) is 0 Å². The van der Waals surface area contributed by atoms with Crippen LogP contribution in [0.2, 0.25) is 0 Å². The first-order valence-electron chi connectivity index (χ1n) is 6.98. The molecule has 2 saturated heterocycles. The largest absolute Gasteiger partial charge is 0.378 e. The van der Waals surface area contributed by atoms with Gasteiger partial charge in [-0.25, -0.2) is 0 Å². The molecule has 0 bridgehead atoms. The molecule has 2 aliphatic heterocycles. The first-order valence-corrected chi connectivity index (χ1v) is 6.98. The Kier molecular flexibility index (Phi) is 6.56. The summed E-state index contributed by atoms with van der Waals surface area (Å²) < 4.78 is 5.30. The Morgan fingerprint density at radius 2 is 2.18 bits per heavy atom. The molecular weight excluding hydrogens is 214 g/mol. The van der Waals surface area contributed by atoms with Gasteiger partial charge in [-0.3, -0.25) is 4.79 Å². The van der Waals surface area contributed by atoms with Gasteiger partial charge in [-0.05, 0) is 37.5 Å². The molecule has 3 nitrogen and oxygen atoms in total. The summed E-state index contributed by atoms with van der Waals surface area (Å²) in [6.07, 6.45) is 6.51. The monoisotopic (exact) mass is 241 g/mol. The summed E-state index contributed by atoms with van der Waals surface area (Å²) in [5, 5.41) is 0. The number of amides is 1. The zero-order valence-electron chi connectivity index (χ0n) is 11.5. The summed E-state index contributed by atoms with van der Waals surface area (Å²) in [6, 6.07) is 0. The SMILES string of the molecule is CC(C)C1CCN(C=O)C1.CCC1CCCO1. The predicted molar refractivity (Wildman–Crippen MR) is 69.8 cm³/mol. The molecular formula is C14H27NO2. The van der Waals surface area contributed by atoms with Gasteiger partial charge < -0.3 is 9.64 Å². The van der Waals surface area contributed by atoms with Crippen LogP contribution in [0.3, 0.4) is 0 Å². The lowest BCUT2D eigenvalue weighted by atomic mass is 9.95. The first kappa shape index (κ1) is 14.5. The fraction of sp³-hybridized carbons (Fsp3) is 0.929. The van der Waals surface area contributed by atoms with Crippen LogP contribution in [0.25, 0.3) is 0 Å². The maximum Gasteiger partial charge on any atom is 0.209 e. The maximum absolute atomic E-state index is 10.3. The van der Waals surface area contributed by atoms with E-state index in [1.807, 2.05) is 4.90 Å². The number of likely N-dealkylation sites (tertiary alicyclic amines) is 1. The molecule has 3 heteroatoms. The maximum atomic E-state index is 10.3. The van der Waals surface area contributed by atoms with Crippen molar-refractivity contribution in [3.05, 3.63) is 0 Å². The lowest BCUT2D eigenvalue weighted by molar-refractivity contribution is -0.117. The number of rotatable bonds is 3. The third-order valence-electron chi connectivity index (χ3n) is 3.83. The van der Waals surface area contributed by atoms with Gasteiger partial charge in [0.25, 0.3) is 0 Å². The fourth-order valence-corrected chi connectivity index (χ4v) is 2.42. The highest BCUT2D eigenvalue weighted by Gasteiger charge is 2.23. The number of hydrogen-bond acceptors (Lipinski definition) is 2. The van der Waals surface area contributed by atoms with Crippen molar-refractivity contribution in [2.45, 2.75) is 52.6 Å². The molecule has 0 aromatic heterocycles. The standard InChI is InChI=1S/C8H15NO.C6H12O/c1-7(2)8-3-4-9(5-8)6-10;1-2-6-4-3-5-7-6/h6-8H,3-5H2,1-2H3;6H,2-5H2,1H3. The van der Waals surface area contributed by atoms with E-state index in [0.29, 0.717) is 6.10 Å². The molecule has 0 aliphatic carbocycles. The highest BCUT2D eigenvalue weighted by atomic mass is 16.5. The fourth-order valence-electron chi connectivity index (χ4n) is 2.42. The van der Waals surface area contributed by atoms with E-state index >= 15 is 0 Å². The number of carbonyl (C=O) groups is 1. The Labute approximate surface area is 106 Å². The molecule has 17 heavy (non-hydrogen) atoms. The lowest BCUT2D eigenvalue weighted by Crippen LogP contribution is -2.19. The van der Waals surface area contributed by atoms with Crippen molar-refractivity contribution < 1.29 is 9.53 Å². The quantitative estimate of drug-likeness (QED) is 0.711. The molecule has 0 saturated carbocycles. The Hall–Kier alpha value is -0.570. The molecule has 0 N–H and O–H groups in total. The van der Waals surface area contributed by atoms with Crippen molar-refractivity contribution >= 4 is 6.41 Å². The molecule has 2 rings (SSSR count). The summed E-state index contributed by atoms with van der Waals surface area (Å²) in [6.45, 7) is 9.56. The van der Waals surface area contributed by atoms with E-state index in [9.17, 15) is 4.79 Å². The van der Waals surface area contributed by atoms with Crippen molar-refractivity contribution in [1.82, 2.24) is 4.90 Å². The van der Waals surface area contributed by atoms with Crippen LogP contribution < -0.4 is 0 Å². The van der Waals surface area contributed by atoms with Gasteiger partial charge in [0.2, 0.25) is 6.41 Å². The minimum absolute atomic E-state index is 0.597. The van der Waals surface area contributed by atoms with Crippen LogP contribution in [0.15, 0.2) is 0 Å². The van der Waals surface area contributed by atoms with Crippen molar-refractivity contribution in [2.24, 2.45) is 11.8 Å². The highest BCUT2D eigenvalue weighted by molar-refractivity contribution is 5.47. The second-order valence-corrected chi connectivity index (χ2v) is 5.44. The molecule has 100 valence electrons. The van der Waals surface area contributed by atoms with Crippen LogP contribution in [-0.2, 0) is 9.53 Å². The zero-order valence-corrected chi connectivity index (χ0v) is 11.5. The Morgan fingerprint density at radius 3 is 2.47 bits per heavy atom. The average molecular weight is 241 g/mol. The third-order valence-corrected chi connectivity index (χ3v) is 3.83. The van der Waals surface area contributed by atoms with E-state index in [1.54, 1.807) is 0 Å². The number of ether oxygens (including phenoxy) is 1. The molecule has 2 unspecified atom stereocenters. The van der Waals surface area contributed by atoms with Crippen molar-refractivity contribution in [3.63, 3.8) is 0 Å². The molecule has 1 amide bonds. The second-order valence-electron chi connectivity index (χ2n) is 5.44. The van der Waals surface area contributed by atoms with Crippen molar-refractivity contribution in [2.75, 3.05) is 19.7 Å². The molecule has 2 atom stereocenters. The van der Waals surface area contributed by atoms with E-state index in [1.165, 1.54) is 25.7 Å². The zero-order chi connectivity index (χ0) is 12.7. The Bertz CT molecular complexity index is 212. The summed E-state index contributed by atoms with van der Waals surface area (Å²) in [5.41, 5.74) is 0. The normalized spacial score (nSPS) is 28.1. The molecule has 2 fully saturated rings. The second kappa shape index (κ2) is 7.70. The number of carbonyl (C=O) groups excluding carboxylic acids is 1. The van der Waals surface area contributed by atoms with Crippen LogP contribution in [0.5, 0.6) is 0 Å². The number of hydrogen-bond donors (Lipinski definition) is 0. The molecule has 0 radical (unpaired) electrons. The highest BCUT2D eigenvalue weighted by Crippen LogP contribution is 2.21. The molecule has 2 aliphatic rings. The van der Waals surface area contributed by atoms with Gasteiger partial charge in [0.15, 0.2) is 0 Å². The molecule has 0 spiro atoms. The van der Waals surface area contributed by atoms with Gasteiger partial charge >= 0.3 is 0 Å². The van der Waals surface area contributed by atoms with Gasteiger partial charge in [0.05, 0.1) is 6.10 Å². The van der Waals surface area contributed by atoms with Gasteiger partial charge in [0.1, 0.15) is 0 Å². The topological polar surface area (TPSA) is 29.5 Å². The summed E-state index contributed by atoms with van der Waals surface area (Å²) in [4.78, 5) is 12.2. The molecule has 0 aromatic rings. The number of nitrogens with zero attached hydrogens (tertiary/aromatic N) is 1. The van der Waals surface area contributed by atoms with E-state index in [0.717, 1.165) is 37.9 Å². The van der Waals surface area contributed by atoms with Crippen LogP contribution in [0, 0.1) is 11.8 Å². The van der Waals surface area contributed by atoms with Crippen LogP contribution in [0.1, 0.15) is 46.5 Å². The Balaban J connectivity index is 0.000000181. The summed E-state index contributed by atoms with van der Waals surface area (Å²) >= 11 is 0. The van der Waals surface area contributed by atoms with Crippen molar-refractivity contribution in [3.8, 4) is 0 Å². The van der Waals surface area contributed by atoms with E-state index in [2.05, 4.69) is 20.8 Å².